The van der Waals surface area contributed by atoms with Gasteiger partial charge in [0.2, 0.25) is 0 Å². The summed E-state index contributed by atoms with van der Waals surface area (Å²) in [4.78, 5) is 12.3. The second kappa shape index (κ2) is 6.29. The van der Waals surface area contributed by atoms with Crippen LogP contribution in [0.25, 0.3) is 0 Å². The third-order valence-electron chi connectivity index (χ3n) is 2.83. The Morgan fingerprint density at radius 1 is 1.30 bits per heavy atom. The number of alkyl halides is 1. The molecule has 2 aromatic carbocycles. The van der Waals surface area contributed by atoms with Crippen LogP contribution in [-0.4, -0.2) is 11.0 Å². The minimum Gasteiger partial charge on any atom is -0.508 e. The summed E-state index contributed by atoms with van der Waals surface area (Å²) in [6, 6.07) is 11.8. The number of phenolic OH excluding ortho intramolecular Hbond substituents is 1. The first-order valence-corrected chi connectivity index (χ1v) is 7.31. The molecule has 0 fully saturated rings. The van der Waals surface area contributed by atoms with E-state index in [-0.39, 0.29) is 22.0 Å². The van der Waals surface area contributed by atoms with E-state index in [0.29, 0.717) is 10.7 Å². The van der Waals surface area contributed by atoms with Crippen molar-refractivity contribution < 1.29 is 9.90 Å². The van der Waals surface area contributed by atoms with Crippen LogP contribution in [0.4, 0.5) is 5.69 Å². The van der Waals surface area contributed by atoms with Crippen molar-refractivity contribution in [3.63, 3.8) is 0 Å². The Bertz CT molecular complexity index is 644. The highest BCUT2D eigenvalue weighted by molar-refractivity contribution is 9.09. The highest BCUT2D eigenvalue weighted by Crippen LogP contribution is 2.29. The van der Waals surface area contributed by atoms with E-state index in [1.54, 1.807) is 0 Å². The molecule has 0 saturated carbocycles. The summed E-state index contributed by atoms with van der Waals surface area (Å²) < 4.78 is 0. The second-order valence-corrected chi connectivity index (χ2v) is 6.10. The first-order chi connectivity index (χ1) is 9.49. The average molecular weight is 355 g/mol. The quantitative estimate of drug-likeness (QED) is 0.781. The molecule has 1 atom stereocenters. The highest BCUT2D eigenvalue weighted by atomic mass is 79.9. The number of halogens is 2. The number of phenols is 1. The zero-order valence-electron chi connectivity index (χ0n) is 10.7. The van der Waals surface area contributed by atoms with E-state index in [0.717, 1.165) is 5.56 Å². The Kier molecular flexibility index (Phi) is 4.68. The zero-order valence-corrected chi connectivity index (χ0v) is 13.1. The topological polar surface area (TPSA) is 49.3 Å². The van der Waals surface area contributed by atoms with Crippen LogP contribution >= 0.6 is 27.5 Å². The third kappa shape index (κ3) is 3.32. The molecule has 0 saturated heterocycles. The van der Waals surface area contributed by atoms with Gasteiger partial charge in [0.15, 0.2) is 0 Å². The van der Waals surface area contributed by atoms with E-state index in [2.05, 4.69) is 21.2 Å². The maximum Gasteiger partial charge on any atom is 0.257 e. The van der Waals surface area contributed by atoms with Gasteiger partial charge in [-0.15, -0.1) is 0 Å². The number of rotatable bonds is 3. The Hall–Kier alpha value is -1.52. The fourth-order valence-electron chi connectivity index (χ4n) is 1.83. The Morgan fingerprint density at radius 3 is 2.70 bits per heavy atom. The van der Waals surface area contributed by atoms with Gasteiger partial charge in [0, 0.05) is 10.5 Å². The van der Waals surface area contributed by atoms with Crippen molar-refractivity contribution in [3.8, 4) is 5.75 Å². The lowest BCUT2D eigenvalue weighted by molar-refractivity contribution is 0.102. The van der Waals surface area contributed by atoms with Gasteiger partial charge in [-0.25, -0.2) is 0 Å². The SMILES string of the molecule is CC(Br)c1ccccc1NC(=O)c1cc(O)ccc1Cl. The van der Waals surface area contributed by atoms with E-state index >= 15 is 0 Å². The van der Waals surface area contributed by atoms with E-state index in [4.69, 9.17) is 11.6 Å². The predicted molar refractivity (Wildman–Crippen MR) is 84.9 cm³/mol. The number of para-hydroxylation sites is 1. The van der Waals surface area contributed by atoms with Crippen molar-refractivity contribution in [2.75, 3.05) is 5.32 Å². The molecule has 0 aliphatic rings. The van der Waals surface area contributed by atoms with E-state index in [9.17, 15) is 9.90 Å². The molecule has 5 heteroatoms. The van der Waals surface area contributed by atoms with E-state index < -0.39 is 0 Å². The van der Waals surface area contributed by atoms with Crippen molar-refractivity contribution in [1.82, 2.24) is 0 Å². The van der Waals surface area contributed by atoms with Gasteiger partial charge in [-0.1, -0.05) is 45.7 Å². The third-order valence-corrected chi connectivity index (χ3v) is 3.65. The summed E-state index contributed by atoms with van der Waals surface area (Å²) >= 11 is 9.47. The van der Waals surface area contributed by atoms with Gasteiger partial charge in [-0.3, -0.25) is 4.79 Å². The summed E-state index contributed by atoms with van der Waals surface area (Å²) in [5.41, 5.74) is 1.92. The molecular formula is C15H13BrClNO2. The molecule has 2 rings (SSSR count). The summed E-state index contributed by atoms with van der Waals surface area (Å²) in [7, 11) is 0. The van der Waals surface area contributed by atoms with Crippen molar-refractivity contribution in [1.29, 1.82) is 0 Å². The standard InChI is InChI=1S/C15H13BrClNO2/c1-9(16)11-4-2-3-5-14(11)18-15(20)12-8-10(19)6-7-13(12)17/h2-9,19H,1H3,(H,18,20). The number of hydrogen-bond donors (Lipinski definition) is 2. The van der Waals surface area contributed by atoms with Gasteiger partial charge in [0.1, 0.15) is 5.75 Å². The largest absolute Gasteiger partial charge is 0.508 e. The second-order valence-electron chi connectivity index (χ2n) is 4.32. The summed E-state index contributed by atoms with van der Waals surface area (Å²) in [6.07, 6.45) is 0. The molecule has 0 aromatic heterocycles. The van der Waals surface area contributed by atoms with Gasteiger partial charge in [0.05, 0.1) is 10.6 Å². The lowest BCUT2D eigenvalue weighted by atomic mass is 10.1. The van der Waals surface area contributed by atoms with Crippen LogP contribution in [0, 0.1) is 0 Å². The van der Waals surface area contributed by atoms with Gasteiger partial charge in [-0.05, 0) is 36.8 Å². The molecule has 1 amide bonds. The molecule has 3 nitrogen and oxygen atoms in total. The molecule has 2 aromatic rings. The van der Waals surface area contributed by atoms with Crippen LogP contribution in [0.3, 0.4) is 0 Å². The maximum absolute atomic E-state index is 12.2. The number of carbonyl (C=O) groups excluding carboxylic acids is 1. The number of benzene rings is 2. The van der Waals surface area contributed by atoms with Gasteiger partial charge >= 0.3 is 0 Å². The minimum absolute atomic E-state index is 0.00157. The fourth-order valence-corrected chi connectivity index (χ4v) is 2.44. The number of amides is 1. The molecular weight excluding hydrogens is 342 g/mol. The number of hydrogen-bond acceptors (Lipinski definition) is 2. The lowest BCUT2D eigenvalue weighted by Crippen LogP contribution is -2.13. The van der Waals surface area contributed by atoms with Crippen LogP contribution in [0.15, 0.2) is 42.5 Å². The molecule has 0 heterocycles. The van der Waals surface area contributed by atoms with Gasteiger partial charge < -0.3 is 10.4 Å². The molecule has 0 spiro atoms. The smallest absolute Gasteiger partial charge is 0.257 e. The monoisotopic (exact) mass is 353 g/mol. The predicted octanol–water partition coefficient (Wildman–Crippen LogP) is 4.75. The van der Waals surface area contributed by atoms with Gasteiger partial charge in [0.25, 0.3) is 5.91 Å². The Morgan fingerprint density at radius 2 is 2.00 bits per heavy atom. The molecule has 104 valence electrons. The fraction of sp³-hybridized carbons (Fsp3) is 0.133. The molecule has 2 N–H and O–H groups in total. The molecule has 1 unspecified atom stereocenters. The molecule has 0 aliphatic heterocycles. The molecule has 20 heavy (non-hydrogen) atoms. The number of carbonyl (C=O) groups is 1. The highest BCUT2D eigenvalue weighted by Gasteiger charge is 2.14. The Labute approximate surface area is 130 Å². The molecule has 0 bridgehead atoms. The van der Waals surface area contributed by atoms with E-state index in [1.807, 2.05) is 31.2 Å². The zero-order chi connectivity index (χ0) is 14.7. The first-order valence-electron chi connectivity index (χ1n) is 6.02. The van der Waals surface area contributed by atoms with Crippen molar-refractivity contribution in [3.05, 3.63) is 58.6 Å². The minimum atomic E-state index is -0.355. The average Bonchev–Trinajstić information content (AvgIpc) is 2.41. The molecule has 0 radical (unpaired) electrons. The number of aromatic hydroxyl groups is 1. The van der Waals surface area contributed by atoms with Gasteiger partial charge in [-0.2, -0.15) is 0 Å². The number of anilines is 1. The van der Waals surface area contributed by atoms with Crippen LogP contribution in [-0.2, 0) is 0 Å². The van der Waals surface area contributed by atoms with Crippen molar-refractivity contribution in [2.45, 2.75) is 11.8 Å². The summed E-state index contributed by atoms with van der Waals surface area (Å²) in [5, 5.41) is 12.6. The van der Waals surface area contributed by atoms with Crippen LogP contribution in [0.5, 0.6) is 5.75 Å². The summed E-state index contributed by atoms with van der Waals surface area (Å²) in [6.45, 7) is 1.98. The Balaban J connectivity index is 2.31. The summed E-state index contributed by atoms with van der Waals surface area (Å²) in [5.74, 6) is -0.354. The normalized spacial score (nSPS) is 11.9. The van der Waals surface area contributed by atoms with Crippen LogP contribution in [0.2, 0.25) is 5.02 Å². The first kappa shape index (κ1) is 14.9. The van der Waals surface area contributed by atoms with E-state index in [1.165, 1.54) is 18.2 Å². The number of nitrogens with one attached hydrogen (secondary N) is 1. The van der Waals surface area contributed by atoms with Crippen molar-refractivity contribution >= 4 is 39.1 Å². The van der Waals surface area contributed by atoms with Crippen LogP contribution in [0.1, 0.15) is 27.7 Å². The lowest BCUT2D eigenvalue weighted by Gasteiger charge is -2.13. The maximum atomic E-state index is 12.2. The van der Waals surface area contributed by atoms with Crippen molar-refractivity contribution in [2.24, 2.45) is 0 Å². The molecule has 0 aliphatic carbocycles. The van der Waals surface area contributed by atoms with Crippen LogP contribution < -0.4 is 5.32 Å².